The van der Waals surface area contributed by atoms with E-state index in [0.717, 1.165) is 0 Å². The van der Waals surface area contributed by atoms with Gasteiger partial charge in [0.2, 0.25) is 5.95 Å². The second kappa shape index (κ2) is 6.07. The van der Waals surface area contributed by atoms with Crippen molar-refractivity contribution in [2.75, 3.05) is 6.61 Å². The van der Waals surface area contributed by atoms with E-state index in [0.29, 0.717) is 12.8 Å². The normalized spacial score (nSPS) is 10.1. The van der Waals surface area contributed by atoms with E-state index in [1.54, 1.807) is 0 Å². The van der Waals surface area contributed by atoms with Gasteiger partial charge in [-0.15, -0.1) is 0 Å². The second-order valence-corrected chi connectivity index (χ2v) is 3.20. The van der Waals surface area contributed by atoms with Crippen LogP contribution in [0.1, 0.15) is 18.5 Å². The largest absolute Gasteiger partial charge is 0.396 e. The maximum absolute atomic E-state index is 13.5. The Bertz CT molecular complexity index is 460. The van der Waals surface area contributed by atoms with E-state index in [1.807, 2.05) is 0 Å². The Balaban J connectivity index is 3.10. The summed E-state index contributed by atoms with van der Waals surface area (Å²) < 4.78 is 39.5. The summed E-state index contributed by atoms with van der Waals surface area (Å²) in [5.74, 6) is -4.28. The van der Waals surface area contributed by atoms with Gasteiger partial charge in [-0.05, 0) is 24.8 Å². The number of rotatable bonds is 5. The minimum atomic E-state index is -1.61. The maximum atomic E-state index is 13.5. The number of aromatic nitrogens is 1. The molecule has 0 fully saturated rings. The predicted octanol–water partition coefficient (Wildman–Crippen LogP) is 2.76. The van der Waals surface area contributed by atoms with Crippen molar-refractivity contribution in [3.8, 4) is 0 Å². The van der Waals surface area contributed by atoms with Gasteiger partial charge in [-0.3, -0.25) is 0 Å². The molecule has 0 unspecified atom stereocenters. The lowest BCUT2D eigenvalue weighted by molar-refractivity contribution is 0.284. The Kier molecular flexibility index (Phi) is 4.74. The molecular weight excluding hydrogens is 237 g/mol. The smallest absolute Gasteiger partial charge is 0.249 e. The standard InChI is InChI=1S/C9H9F3N4O/c10-6-5(3-1-2-4-17)14-9(12)7(11)8(6)15-16-13/h17H,1-4H2. The van der Waals surface area contributed by atoms with Crippen molar-refractivity contribution in [3.05, 3.63) is 33.7 Å². The van der Waals surface area contributed by atoms with E-state index >= 15 is 0 Å². The first kappa shape index (κ1) is 13.3. The van der Waals surface area contributed by atoms with Crippen LogP contribution in [0.5, 0.6) is 0 Å². The lowest BCUT2D eigenvalue weighted by Crippen LogP contribution is -2.03. The summed E-state index contributed by atoms with van der Waals surface area (Å²) in [6, 6.07) is 0. The molecule has 92 valence electrons. The molecule has 8 heteroatoms. The average molecular weight is 246 g/mol. The van der Waals surface area contributed by atoms with Crippen LogP contribution in [0.4, 0.5) is 18.9 Å². The van der Waals surface area contributed by atoms with Crippen LogP contribution in [0.25, 0.3) is 10.4 Å². The van der Waals surface area contributed by atoms with E-state index in [9.17, 15) is 13.2 Å². The summed E-state index contributed by atoms with van der Waals surface area (Å²) in [5.41, 5.74) is 6.78. The molecule has 0 saturated heterocycles. The van der Waals surface area contributed by atoms with Crippen molar-refractivity contribution in [3.63, 3.8) is 0 Å². The fourth-order valence-electron chi connectivity index (χ4n) is 1.25. The summed E-state index contributed by atoms with van der Waals surface area (Å²) in [7, 11) is 0. The molecule has 0 aliphatic rings. The van der Waals surface area contributed by atoms with Gasteiger partial charge in [0, 0.05) is 11.5 Å². The molecule has 0 radical (unpaired) electrons. The summed E-state index contributed by atoms with van der Waals surface area (Å²) >= 11 is 0. The van der Waals surface area contributed by atoms with Crippen LogP contribution in [-0.4, -0.2) is 16.7 Å². The highest BCUT2D eigenvalue weighted by molar-refractivity contribution is 5.41. The first-order valence-electron chi connectivity index (χ1n) is 4.81. The van der Waals surface area contributed by atoms with Gasteiger partial charge in [-0.2, -0.15) is 4.39 Å². The zero-order valence-corrected chi connectivity index (χ0v) is 8.70. The number of halogens is 3. The van der Waals surface area contributed by atoms with Gasteiger partial charge < -0.3 is 5.11 Å². The van der Waals surface area contributed by atoms with E-state index < -0.39 is 23.3 Å². The van der Waals surface area contributed by atoms with Crippen LogP contribution < -0.4 is 0 Å². The van der Waals surface area contributed by atoms with Gasteiger partial charge in [-0.1, -0.05) is 5.11 Å². The van der Waals surface area contributed by atoms with Gasteiger partial charge in [0.1, 0.15) is 5.69 Å². The van der Waals surface area contributed by atoms with Gasteiger partial charge in [0.15, 0.2) is 11.6 Å². The molecule has 0 atom stereocenters. The maximum Gasteiger partial charge on any atom is 0.249 e. The van der Waals surface area contributed by atoms with Crippen molar-refractivity contribution < 1.29 is 18.3 Å². The lowest BCUT2D eigenvalue weighted by Gasteiger charge is -2.05. The molecule has 0 aromatic carbocycles. The van der Waals surface area contributed by atoms with Crippen LogP contribution in [0.15, 0.2) is 5.11 Å². The molecule has 1 rings (SSSR count). The molecule has 1 N–H and O–H groups in total. The molecule has 1 aromatic heterocycles. The van der Waals surface area contributed by atoms with Gasteiger partial charge in [-0.25, -0.2) is 13.8 Å². The number of pyridine rings is 1. The Morgan fingerprint density at radius 2 is 1.94 bits per heavy atom. The monoisotopic (exact) mass is 246 g/mol. The highest BCUT2D eigenvalue weighted by Gasteiger charge is 2.18. The number of azide groups is 1. The molecule has 17 heavy (non-hydrogen) atoms. The molecule has 0 spiro atoms. The third-order valence-corrected chi connectivity index (χ3v) is 2.05. The van der Waals surface area contributed by atoms with Crippen LogP contribution in [0.3, 0.4) is 0 Å². The fourth-order valence-corrected chi connectivity index (χ4v) is 1.25. The van der Waals surface area contributed by atoms with E-state index in [2.05, 4.69) is 15.0 Å². The third kappa shape index (κ3) is 3.08. The molecule has 0 aliphatic heterocycles. The van der Waals surface area contributed by atoms with Crippen molar-refractivity contribution in [1.82, 2.24) is 4.98 Å². The van der Waals surface area contributed by atoms with Crippen molar-refractivity contribution in [1.29, 1.82) is 0 Å². The van der Waals surface area contributed by atoms with E-state index in [4.69, 9.17) is 10.6 Å². The topological polar surface area (TPSA) is 81.9 Å². The lowest BCUT2D eigenvalue weighted by atomic mass is 10.1. The summed E-state index contributed by atoms with van der Waals surface area (Å²) in [6.07, 6.45) is 0.774. The molecule has 0 bridgehead atoms. The average Bonchev–Trinajstić information content (AvgIpc) is 2.31. The molecule has 0 saturated carbocycles. The molecule has 0 aliphatic carbocycles. The van der Waals surface area contributed by atoms with Crippen molar-refractivity contribution in [2.45, 2.75) is 19.3 Å². The summed E-state index contributed by atoms with van der Waals surface area (Å²) in [4.78, 5) is 5.32. The number of aliphatic hydroxyl groups is 1. The number of nitrogens with zero attached hydrogens (tertiary/aromatic N) is 4. The number of hydrogen-bond acceptors (Lipinski definition) is 3. The quantitative estimate of drug-likeness (QED) is 0.285. The highest BCUT2D eigenvalue weighted by atomic mass is 19.2. The highest BCUT2D eigenvalue weighted by Crippen LogP contribution is 2.26. The SMILES string of the molecule is [N-]=[N+]=Nc1c(F)c(F)nc(CCCCO)c1F. The Hall–Kier alpha value is -1.79. The molecule has 1 aromatic rings. The first-order valence-corrected chi connectivity index (χ1v) is 4.81. The van der Waals surface area contributed by atoms with E-state index in [1.165, 1.54) is 0 Å². The fraction of sp³-hybridized carbons (Fsp3) is 0.444. The Morgan fingerprint density at radius 3 is 2.53 bits per heavy atom. The molecule has 5 nitrogen and oxygen atoms in total. The third-order valence-electron chi connectivity index (χ3n) is 2.05. The number of aliphatic hydroxyl groups excluding tert-OH is 1. The van der Waals surface area contributed by atoms with E-state index in [-0.39, 0.29) is 18.7 Å². The predicted molar refractivity (Wildman–Crippen MR) is 52.9 cm³/mol. The first-order chi connectivity index (χ1) is 8.11. The minimum absolute atomic E-state index is 0.0253. The van der Waals surface area contributed by atoms with Crippen LogP contribution in [-0.2, 0) is 6.42 Å². The number of hydrogen-bond donors (Lipinski definition) is 1. The van der Waals surface area contributed by atoms with Crippen molar-refractivity contribution in [2.24, 2.45) is 5.11 Å². The number of aryl methyl sites for hydroxylation is 1. The summed E-state index contributed by atoms with van der Waals surface area (Å²) in [6.45, 7) is -0.0888. The molecule has 0 amide bonds. The van der Waals surface area contributed by atoms with Crippen LogP contribution >= 0.6 is 0 Å². The number of unbranched alkanes of at least 4 members (excludes halogenated alkanes) is 1. The van der Waals surface area contributed by atoms with Crippen LogP contribution in [0, 0.1) is 17.6 Å². The van der Waals surface area contributed by atoms with Gasteiger partial charge in [0.25, 0.3) is 0 Å². The Morgan fingerprint density at radius 1 is 1.24 bits per heavy atom. The minimum Gasteiger partial charge on any atom is -0.396 e. The zero-order valence-electron chi connectivity index (χ0n) is 8.70. The van der Waals surface area contributed by atoms with Crippen LogP contribution in [0.2, 0.25) is 0 Å². The summed E-state index contributed by atoms with van der Waals surface area (Å²) in [5, 5.41) is 11.3. The van der Waals surface area contributed by atoms with Crippen molar-refractivity contribution >= 4 is 5.69 Å². The second-order valence-electron chi connectivity index (χ2n) is 3.20. The van der Waals surface area contributed by atoms with Gasteiger partial charge >= 0.3 is 0 Å². The molecular formula is C9H9F3N4O. The Labute approximate surface area is 94.5 Å². The molecule has 1 heterocycles. The van der Waals surface area contributed by atoms with Gasteiger partial charge in [0.05, 0.1) is 5.69 Å². The zero-order chi connectivity index (χ0) is 12.8.